The number of hydrogen-bond acceptors (Lipinski definition) is 7. The zero-order valence-corrected chi connectivity index (χ0v) is 23.3. The highest BCUT2D eigenvalue weighted by Crippen LogP contribution is 2.38. The Morgan fingerprint density at radius 1 is 1.05 bits per heavy atom. The molecule has 7 nitrogen and oxygen atoms in total. The molecule has 4 rings (SSSR count). The van der Waals surface area contributed by atoms with E-state index < -0.39 is 17.3 Å². The van der Waals surface area contributed by atoms with E-state index in [1.807, 2.05) is 36.4 Å². The molecule has 0 amide bonds. The van der Waals surface area contributed by atoms with Crippen molar-refractivity contribution in [3.8, 4) is 5.75 Å². The first-order valence-corrected chi connectivity index (χ1v) is 13.4. The van der Waals surface area contributed by atoms with Crippen LogP contribution < -0.4 is 9.64 Å². The maximum Gasteiger partial charge on any atom is 0.121 e. The Balaban J connectivity index is 1.54. The number of pyridine rings is 1. The smallest absolute Gasteiger partial charge is 0.121 e. The molecule has 3 atom stereocenters. The van der Waals surface area contributed by atoms with Crippen LogP contribution in [-0.2, 0) is 11.2 Å². The summed E-state index contributed by atoms with van der Waals surface area (Å²) in [5.41, 5.74) is 1.21. The summed E-state index contributed by atoms with van der Waals surface area (Å²) >= 11 is 6.74. The number of rotatable bonds is 9. The van der Waals surface area contributed by atoms with Gasteiger partial charge in [-0.05, 0) is 51.5 Å². The van der Waals surface area contributed by atoms with Gasteiger partial charge in [-0.15, -0.1) is 0 Å². The summed E-state index contributed by atoms with van der Waals surface area (Å²) in [6.07, 6.45) is 1.09. The van der Waals surface area contributed by atoms with Crippen molar-refractivity contribution in [2.45, 2.75) is 51.0 Å². The Kier molecular flexibility index (Phi) is 8.65. The number of ether oxygens (including phenoxy) is 1. The number of piperazine rings is 1. The third-order valence-corrected chi connectivity index (χ3v) is 7.22. The monoisotopic (exact) mass is 539 g/mol. The molecular weight excluding hydrogens is 502 g/mol. The van der Waals surface area contributed by atoms with Gasteiger partial charge in [0.15, 0.2) is 0 Å². The molecule has 1 aromatic heterocycles. The van der Waals surface area contributed by atoms with Gasteiger partial charge in [0.25, 0.3) is 0 Å². The molecule has 2 aromatic carbocycles. The highest BCUT2D eigenvalue weighted by atomic mass is 35.5. The van der Waals surface area contributed by atoms with Crippen LogP contribution in [-0.4, -0.2) is 64.1 Å². The number of halogens is 1. The summed E-state index contributed by atoms with van der Waals surface area (Å²) in [6, 6.07) is 19.6. The lowest BCUT2D eigenvalue weighted by molar-refractivity contribution is 0.00970. The van der Waals surface area contributed by atoms with Gasteiger partial charge in [-0.3, -0.25) is 9.88 Å². The molecule has 1 saturated heterocycles. The second kappa shape index (κ2) is 11.6. The van der Waals surface area contributed by atoms with Crippen molar-refractivity contribution in [3.63, 3.8) is 0 Å². The first-order valence-electron chi connectivity index (χ1n) is 13.0. The lowest BCUT2D eigenvalue weighted by Gasteiger charge is -2.45. The van der Waals surface area contributed by atoms with Crippen LogP contribution in [0.4, 0.5) is 5.69 Å². The van der Waals surface area contributed by atoms with Crippen molar-refractivity contribution < 1.29 is 20.1 Å². The summed E-state index contributed by atoms with van der Waals surface area (Å²) in [4.78, 5) is 8.96. The fourth-order valence-corrected chi connectivity index (χ4v) is 5.14. The Hall–Kier alpha value is -2.68. The summed E-state index contributed by atoms with van der Waals surface area (Å²) in [5.74, 6) is 0.620. The van der Waals surface area contributed by atoms with E-state index in [2.05, 4.69) is 26.9 Å². The molecule has 3 N–H and O–H groups in total. The van der Waals surface area contributed by atoms with Crippen LogP contribution in [0.15, 0.2) is 66.9 Å². The number of benzene rings is 2. The van der Waals surface area contributed by atoms with Gasteiger partial charge in [0.2, 0.25) is 0 Å². The van der Waals surface area contributed by atoms with Crippen LogP contribution in [0.1, 0.15) is 50.6 Å². The van der Waals surface area contributed by atoms with Crippen LogP contribution in [0, 0.1) is 0 Å². The summed E-state index contributed by atoms with van der Waals surface area (Å²) < 4.78 is 5.63. The van der Waals surface area contributed by atoms with Gasteiger partial charge < -0.3 is 25.0 Å². The number of β-amino-alcohol motifs (C(OH)–C–C–N with tert-alkyl or cyclic N) is 1. The van der Waals surface area contributed by atoms with Crippen LogP contribution in [0.2, 0.25) is 5.02 Å². The average Bonchev–Trinajstić information content (AvgIpc) is 2.87. The minimum absolute atomic E-state index is 0.0261. The number of aliphatic hydroxyl groups excluding tert-OH is 1. The molecule has 0 radical (unpaired) electrons. The highest BCUT2D eigenvalue weighted by Gasteiger charge is 2.34. The number of nitrogens with zero attached hydrogens (tertiary/aromatic N) is 3. The van der Waals surface area contributed by atoms with Gasteiger partial charge >= 0.3 is 0 Å². The molecule has 0 unspecified atom stereocenters. The van der Waals surface area contributed by atoms with Crippen molar-refractivity contribution in [2.24, 2.45) is 0 Å². The molecule has 0 spiro atoms. The standard InChI is InChI=1S/C30H38ClN3O4/c1-21(35)19-38-24-11-12-26(25(31)16-24)34-15-14-33(18-27(34)22-8-6-5-7-9-22)20-30(4,37)23-10-13-28(32-17-23)29(2,3)36/h5-13,16-17,21,27,35-37H,14-15,18-20H2,1-4H3/t21-,27+,30-/m1/s1. The summed E-state index contributed by atoms with van der Waals surface area (Å²) in [5, 5.41) is 31.8. The largest absolute Gasteiger partial charge is 0.491 e. The zero-order valence-electron chi connectivity index (χ0n) is 22.5. The minimum Gasteiger partial charge on any atom is -0.491 e. The lowest BCUT2D eigenvalue weighted by Crippen LogP contribution is -2.52. The maximum atomic E-state index is 11.4. The van der Waals surface area contributed by atoms with E-state index in [-0.39, 0.29) is 12.6 Å². The third-order valence-electron chi connectivity index (χ3n) is 6.91. The first-order chi connectivity index (χ1) is 17.9. The molecule has 0 bridgehead atoms. The van der Waals surface area contributed by atoms with Crippen molar-refractivity contribution in [1.29, 1.82) is 0 Å². The second-order valence-electron chi connectivity index (χ2n) is 10.9. The van der Waals surface area contributed by atoms with Crippen LogP contribution in [0.3, 0.4) is 0 Å². The van der Waals surface area contributed by atoms with Crippen molar-refractivity contribution in [2.75, 3.05) is 37.7 Å². The molecule has 1 fully saturated rings. The van der Waals surface area contributed by atoms with E-state index >= 15 is 0 Å². The van der Waals surface area contributed by atoms with Gasteiger partial charge in [0.1, 0.15) is 23.6 Å². The van der Waals surface area contributed by atoms with Gasteiger partial charge in [-0.2, -0.15) is 0 Å². The molecule has 38 heavy (non-hydrogen) atoms. The van der Waals surface area contributed by atoms with Gasteiger partial charge in [-0.1, -0.05) is 48.0 Å². The van der Waals surface area contributed by atoms with Crippen LogP contribution in [0.5, 0.6) is 5.75 Å². The van der Waals surface area contributed by atoms with E-state index in [1.54, 1.807) is 46.0 Å². The number of aliphatic hydroxyl groups is 3. The lowest BCUT2D eigenvalue weighted by atomic mass is 9.94. The molecule has 204 valence electrons. The molecule has 1 aliphatic heterocycles. The Morgan fingerprint density at radius 3 is 2.39 bits per heavy atom. The van der Waals surface area contributed by atoms with E-state index in [9.17, 15) is 15.3 Å². The summed E-state index contributed by atoms with van der Waals surface area (Å²) in [7, 11) is 0. The normalized spacial score (nSPS) is 19.2. The predicted octanol–water partition coefficient (Wildman–Crippen LogP) is 4.49. The highest BCUT2D eigenvalue weighted by molar-refractivity contribution is 6.33. The number of hydrogen-bond donors (Lipinski definition) is 3. The molecule has 2 heterocycles. The topological polar surface area (TPSA) is 89.3 Å². The fraction of sp³-hybridized carbons (Fsp3) is 0.433. The quantitative estimate of drug-likeness (QED) is 0.369. The Labute approximate surface area is 230 Å². The third kappa shape index (κ3) is 6.84. The van der Waals surface area contributed by atoms with Gasteiger partial charge in [0, 0.05) is 44.0 Å². The van der Waals surface area contributed by atoms with Crippen LogP contribution >= 0.6 is 11.6 Å². The maximum absolute atomic E-state index is 11.4. The number of anilines is 1. The van der Waals surface area contributed by atoms with E-state index in [1.165, 1.54) is 5.56 Å². The molecule has 3 aromatic rings. The molecule has 0 aliphatic carbocycles. The van der Waals surface area contributed by atoms with Crippen molar-refractivity contribution in [3.05, 3.63) is 88.7 Å². The second-order valence-corrected chi connectivity index (χ2v) is 11.3. The average molecular weight is 540 g/mol. The van der Waals surface area contributed by atoms with Crippen LogP contribution in [0.25, 0.3) is 0 Å². The Morgan fingerprint density at radius 2 is 1.79 bits per heavy atom. The van der Waals surface area contributed by atoms with Crippen molar-refractivity contribution >= 4 is 17.3 Å². The SMILES string of the molecule is C[C@@H](O)COc1ccc(N2CCN(C[C@@](C)(O)c3ccc(C(C)(C)O)nc3)C[C@H]2c2ccccc2)c(Cl)c1. The van der Waals surface area contributed by atoms with E-state index in [0.717, 1.165) is 18.8 Å². The molecule has 0 saturated carbocycles. The molecule has 8 heteroatoms. The number of aromatic nitrogens is 1. The predicted molar refractivity (Wildman–Crippen MR) is 151 cm³/mol. The minimum atomic E-state index is -1.12. The summed E-state index contributed by atoms with van der Waals surface area (Å²) in [6.45, 7) is 9.68. The van der Waals surface area contributed by atoms with E-state index in [4.69, 9.17) is 16.3 Å². The van der Waals surface area contributed by atoms with Crippen molar-refractivity contribution in [1.82, 2.24) is 9.88 Å². The van der Waals surface area contributed by atoms with Gasteiger partial charge in [0.05, 0.1) is 28.5 Å². The first kappa shape index (κ1) is 28.3. The fourth-order valence-electron chi connectivity index (χ4n) is 4.86. The zero-order chi connectivity index (χ0) is 27.5. The molecular formula is C30H38ClN3O4. The van der Waals surface area contributed by atoms with E-state index in [0.29, 0.717) is 35.1 Å². The molecule has 1 aliphatic rings. The Bertz CT molecular complexity index is 1200. The van der Waals surface area contributed by atoms with Gasteiger partial charge in [-0.25, -0.2) is 0 Å².